The molecule has 1 aromatic heterocycles. The first-order valence-electron chi connectivity index (χ1n) is 4.84. The van der Waals surface area contributed by atoms with E-state index in [1.54, 1.807) is 0 Å². The van der Waals surface area contributed by atoms with Crippen molar-refractivity contribution in [1.82, 2.24) is 9.97 Å². The first-order valence-corrected chi connectivity index (χ1v) is 5.25. The first kappa shape index (κ1) is 11.8. The number of hydrogen-bond donors (Lipinski definition) is 1. The molecule has 2 N–H and O–H groups in total. The van der Waals surface area contributed by atoms with Gasteiger partial charge in [0.1, 0.15) is 10.7 Å². The van der Waals surface area contributed by atoms with Crippen molar-refractivity contribution >= 4 is 17.2 Å². The molecule has 0 aliphatic heterocycles. The molecule has 0 spiro atoms. The maximum absolute atomic E-state index is 5.39. The Morgan fingerprint density at radius 3 is 2.67 bits per heavy atom. The van der Waals surface area contributed by atoms with Gasteiger partial charge in [-0.05, 0) is 12.3 Å². The van der Waals surface area contributed by atoms with Gasteiger partial charge in [0, 0.05) is 0 Å². The van der Waals surface area contributed by atoms with Crippen LogP contribution in [0, 0.1) is 5.92 Å². The Balaban J connectivity index is 2.46. The molecule has 0 aliphatic rings. The summed E-state index contributed by atoms with van der Waals surface area (Å²) in [5, 5.41) is 0. The van der Waals surface area contributed by atoms with E-state index in [9.17, 15) is 0 Å². The van der Waals surface area contributed by atoms with E-state index in [0.29, 0.717) is 24.1 Å². The average Bonchev–Trinajstić information content (AvgIpc) is 2.18. The molecule has 0 aromatic carbocycles. The van der Waals surface area contributed by atoms with Crippen molar-refractivity contribution in [2.75, 3.05) is 6.61 Å². The molecule has 1 heterocycles. The van der Waals surface area contributed by atoms with Crippen molar-refractivity contribution in [3.63, 3.8) is 0 Å². The number of ether oxygens (including phenoxy) is 1. The predicted molar refractivity (Wildman–Crippen MR) is 62.9 cm³/mol. The Morgan fingerprint density at radius 1 is 1.47 bits per heavy atom. The van der Waals surface area contributed by atoms with Crippen LogP contribution >= 0.6 is 12.2 Å². The molecular formula is C10H15N3OS. The third-order valence-electron chi connectivity index (χ3n) is 1.83. The van der Waals surface area contributed by atoms with Crippen molar-refractivity contribution in [1.29, 1.82) is 0 Å². The maximum Gasteiger partial charge on any atom is 0.232 e. The fourth-order valence-corrected chi connectivity index (χ4v) is 1.02. The molecule has 0 atom stereocenters. The average molecular weight is 225 g/mol. The topological polar surface area (TPSA) is 61.0 Å². The lowest BCUT2D eigenvalue weighted by molar-refractivity contribution is 0.278. The van der Waals surface area contributed by atoms with Crippen LogP contribution in [0.3, 0.4) is 0 Å². The van der Waals surface area contributed by atoms with Crippen LogP contribution in [0.1, 0.15) is 26.0 Å². The van der Waals surface area contributed by atoms with Crippen molar-refractivity contribution in [2.45, 2.75) is 20.3 Å². The summed E-state index contributed by atoms with van der Waals surface area (Å²) in [6, 6.07) is 0. The minimum atomic E-state index is 0.247. The number of thiocarbonyl (C=S) groups is 1. The number of nitrogens with zero attached hydrogens (tertiary/aromatic N) is 2. The lowest BCUT2D eigenvalue weighted by Crippen LogP contribution is -2.12. The largest absolute Gasteiger partial charge is 0.477 e. The van der Waals surface area contributed by atoms with Crippen LogP contribution in [0.5, 0.6) is 5.88 Å². The van der Waals surface area contributed by atoms with E-state index in [4.69, 9.17) is 22.7 Å². The van der Waals surface area contributed by atoms with Crippen LogP contribution < -0.4 is 10.5 Å². The van der Waals surface area contributed by atoms with Gasteiger partial charge < -0.3 is 10.5 Å². The van der Waals surface area contributed by atoms with Crippen molar-refractivity contribution < 1.29 is 4.74 Å². The van der Waals surface area contributed by atoms with E-state index in [1.165, 1.54) is 12.4 Å². The van der Waals surface area contributed by atoms with Gasteiger partial charge in [-0.2, -0.15) is 0 Å². The SMILES string of the molecule is CC(C)CCOc1cnc(C(N)=S)cn1. The molecular weight excluding hydrogens is 210 g/mol. The van der Waals surface area contributed by atoms with Crippen LogP contribution in [0.15, 0.2) is 12.4 Å². The van der Waals surface area contributed by atoms with E-state index in [0.717, 1.165) is 6.42 Å². The molecule has 5 heteroatoms. The zero-order valence-corrected chi connectivity index (χ0v) is 9.75. The van der Waals surface area contributed by atoms with Gasteiger partial charge in [-0.25, -0.2) is 9.97 Å². The third kappa shape index (κ3) is 4.20. The summed E-state index contributed by atoms with van der Waals surface area (Å²) in [7, 11) is 0. The van der Waals surface area contributed by atoms with Gasteiger partial charge in [0.15, 0.2) is 0 Å². The van der Waals surface area contributed by atoms with Gasteiger partial charge in [-0.3, -0.25) is 0 Å². The number of hydrogen-bond acceptors (Lipinski definition) is 4. The molecule has 0 aliphatic carbocycles. The van der Waals surface area contributed by atoms with Crippen LogP contribution in [-0.4, -0.2) is 21.6 Å². The van der Waals surface area contributed by atoms with E-state index in [-0.39, 0.29) is 4.99 Å². The van der Waals surface area contributed by atoms with E-state index in [1.807, 2.05) is 0 Å². The molecule has 0 fully saturated rings. The second-order valence-corrected chi connectivity index (χ2v) is 4.07. The lowest BCUT2D eigenvalue weighted by Gasteiger charge is -2.06. The van der Waals surface area contributed by atoms with Crippen molar-refractivity contribution in [3.05, 3.63) is 18.1 Å². The molecule has 0 saturated carbocycles. The van der Waals surface area contributed by atoms with Gasteiger partial charge in [0.25, 0.3) is 0 Å². The summed E-state index contributed by atoms with van der Waals surface area (Å²) in [4.78, 5) is 8.31. The molecule has 4 nitrogen and oxygen atoms in total. The second kappa shape index (κ2) is 5.60. The Bertz CT molecular complexity index is 324. The standard InChI is InChI=1S/C10H15N3OS/c1-7(2)3-4-14-9-6-12-8(5-13-9)10(11)15/h5-7H,3-4H2,1-2H3,(H2,11,15). The smallest absolute Gasteiger partial charge is 0.232 e. The highest BCUT2D eigenvalue weighted by Gasteiger charge is 2.01. The summed E-state index contributed by atoms with van der Waals surface area (Å²) in [6.07, 6.45) is 4.06. The second-order valence-electron chi connectivity index (χ2n) is 3.64. The molecule has 0 unspecified atom stereocenters. The fourth-order valence-electron chi connectivity index (χ4n) is 0.917. The number of nitrogens with two attached hydrogens (primary N) is 1. The minimum absolute atomic E-state index is 0.247. The number of aromatic nitrogens is 2. The third-order valence-corrected chi connectivity index (χ3v) is 2.03. The summed E-state index contributed by atoms with van der Waals surface area (Å²) < 4.78 is 5.39. The summed E-state index contributed by atoms with van der Waals surface area (Å²) in [5.41, 5.74) is 5.91. The van der Waals surface area contributed by atoms with Crippen molar-refractivity contribution in [2.24, 2.45) is 11.7 Å². The van der Waals surface area contributed by atoms with Crippen molar-refractivity contribution in [3.8, 4) is 5.88 Å². The van der Waals surface area contributed by atoms with E-state index in [2.05, 4.69) is 23.8 Å². The molecule has 0 radical (unpaired) electrons. The van der Waals surface area contributed by atoms with Gasteiger partial charge in [-0.1, -0.05) is 26.1 Å². The molecule has 15 heavy (non-hydrogen) atoms. The Kier molecular flexibility index (Phi) is 4.42. The van der Waals surface area contributed by atoms with Gasteiger partial charge in [-0.15, -0.1) is 0 Å². The molecule has 0 saturated heterocycles. The van der Waals surface area contributed by atoms with Crippen LogP contribution in [0.25, 0.3) is 0 Å². The fraction of sp³-hybridized carbons (Fsp3) is 0.500. The summed E-state index contributed by atoms with van der Waals surface area (Å²) in [6.45, 7) is 4.94. The molecule has 0 amide bonds. The zero-order chi connectivity index (χ0) is 11.3. The minimum Gasteiger partial charge on any atom is -0.477 e. The number of rotatable bonds is 5. The van der Waals surface area contributed by atoms with Crippen LogP contribution in [0.2, 0.25) is 0 Å². The Morgan fingerprint density at radius 2 is 2.20 bits per heavy atom. The van der Waals surface area contributed by atoms with Gasteiger partial charge >= 0.3 is 0 Å². The maximum atomic E-state index is 5.39. The quantitative estimate of drug-likeness (QED) is 0.770. The summed E-state index contributed by atoms with van der Waals surface area (Å²) in [5.74, 6) is 1.13. The highest BCUT2D eigenvalue weighted by Crippen LogP contribution is 2.06. The molecule has 0 bridgehead atoms. The molecule has 1 rings (SSSR count). The molecule has 1 aromatic rings. The summed E-state index contributed by atoms with van der Waals surface area (Å²) >= 11 is 4.76. The normalized spacial score (nSPS) is 10.3. The van der Waals surface area contributed by atoms with Gasteiger partial charge in [0.2, 0.25) is 5.88 Å². The van der Waals surface area contributed by atoms with Gasteiger partial charge in [0.05, 0.1) is 19.0 Å². The van der Waals surface area contributed by atoms with Crippen LogP contribution in [-0.2, 0) is 0 Å². The Labute approximate surface area is 94.9 Å². The highest BCUT2D eigenvalue weighted by molar-refractivity contribution is 7.80. The van der Waals surface area contributed by atoms with E-state index >= 15 is 0 Å². The predicted octanol–water partition coefficient (Wildman–Crippen LogP) is 1.54. The van der Waals surface area contributed by atoms with E-state index < -0.39 is 0 Å². The first-order chi connectivity index (χ1) is 7.09. The molecule has 82 valence electrons. The lowest BCUT2D eigenvalue weighted by atomic mass is 10.1. The van der Waals surface area contributed by atoms with Crippen LogP contribution in [0.4, 0.5) is 0 Å². The zero-order valence-electron chi connectivity index (χ0n) is 8.93. The Hall–Kier alpha value is -1.23. The highest BCUT2D eigenvalue weighted by atomic mass is 32.1. The monoisotopic (exact) mass is 225 g/mol.